The molecule has 2 rings (SSSR count). The normalized spacial score (nSPS) is 16.6. The second kappa shape index (κ2) is 5.32. The summed E-state index contributed by atoms with van der Waals surface area (Å²) in [7, 11) is 0. The van der Waals surface area contributed by atoms with Gasteiger partial charge in [-0.05, 0) is 30.5 Å². The van der Waals surface area contributed by atoms with E-state index in [0.29, 0.717) is 12.5 Å². The van der Waals surface area contributed by atoms with Crippen LogP contribution in [0.2, 0.25) is 0 Å². The first-order valence-corrected chi connectivity index (χ1v) is 5.05. The summed E-state index contributed by atoms with van der Waals surface area (Å²) >= 11 is 0. The molecule has 0 atom stereocenters. The van der Waals surface area contributed by atoms with E-state index in [1.165, 1.54) is 36.9 Å². The zero-order valence-corrected chi connectivity index (χ0v) is 9.09. The Morgan fingerprint density at radius 1 is 1.36 bits per heavy atom. The van der Waals surface area contributed by atoms with Crippen molar-refractivity contribution >= 4 is 12.4 Å². The molecular weight excluding hydrogens is 196 g/mol. The number of nitrogens with zero attached hydrogens (tertiary/aromatic N) is 1. The summed E-state index contributed by atoms with van der Waals surface area (Å²) in [5, 5.41) is 0. The van der Waals surface area contributed by atoms with Crippen molar-refractivity contribution in [2.45, 2.75) is 38.1 Å². The van der Waals surface area contributed by atoms with Gasteiger partial charge in [-0.2, -0.15) is 0 Å². The molecule has 1 aliphatic carbocycles. The van der Waals surface area contributed by atoms with E-state index in [4.69, 9.17) is 5.73 Å². The first-order chi connectivity index (χ1) is 6.40. The van der Waals surface area contributed by atoms with Crippen molar-refractivity contribution in [1.82, 2.24) is 4.98 Å². The number of hydrogen-bond donors (Lipinski definition) is 1. The minimum absolute atomic E-state index is 0. The lowest BCUT2D eigenvalue weighted by Gasteiger charge is -2.08. The van der Waals surface area contributed by atoms with Crippen LogP contribution in [0.3, 0.4) is 0 Å². The highest BCUT2D eigenvalue weighted by Crippen LogP contribution is 2.32. The topological polar surface area (TPSA) is 38.9 Å². The molecule has 0 amide bonds. The zero-order valence-electron chi connectivity index (χ0n) is 8.28. The van der Waals surface area contributed by atoms with Gasteiger partial charge in [0, 0.05) is 24.4 Å². The quantitative estimate of drug-likeness (QED) is 0.819. The first kappa shape index (κ1) is 11.5. The monoisotopic (exact) mass is 212 g/mol. The molecule has 2 nitrogen and oxygen atoms in total. The maximum Gasteiger partial charge on any atom is 0.0437 e. The van der Waals surface area contributed by atoms with Gasteiger partial charge in [0.25, 0.3) is 0 Å². The van der Waals surface area contributed by atoms with Crippen LogP contribution in [-0.2, 0) is 6.54 Å². The predicted molar refractivity (Wildman–Crippen MR) is 60.6 cm³/mol. The smallest absolute Gasteiger partial charge is 0.0437 e. The molecule has 1 aliphatic rings. The van der Waals surface area contributed by atoms with E-state index in [1.54, 1.807) is 0 Å². The molecule has 14 heavy (non-hydrogen) atoms. The Morgan fingerprint density at radius 2 is 2.07 bits per heavy atom. The average molecular weight is 213 g/mol. The second-order valence-electron chi connectivity index (χ2n) is 3.77. The second-order valence-corrected chi connectivity index (χ2v) is 3.77. The van der Waals surface area contributed by atoms with E-state index in [2.05, 4.69) is 11.1 Å². The van der Waals surface area contributed by atoms with E-state index in [1.807, 2.05) is 12.3 Å². The van der Waals surface area contributed by atoms with Crippen molar-refractivity contribution in [3.63, 3.8) is 0 Å². The standard InChI is InChI=1S/C11H16N2.ClH/c12-8-9-5-6-13-11(7-9)10-3-1-2-4-10;/h5-7,10H,1-4,8,12H2;1H. The minimum Gasteiger partial charge on any atom is -0.326 e. The zero-order chi connectivity index (χ0) is 9.10. The molecule has 1 heterocycles. The third-order valence-corrected chi connectivity index (χ3v) is 2.85. The SMILES string of the molecule is Cl.NCc1ccnc(C2CCCC2)c1. The van der Waals surface area contributed by atoms with Gasteiger partial charge >= 0.3 is 0 Å². The van der Waals surface area contributed by atoms with Crippen molar-refractivity contribution in [3.05, 3.63) is 29.6 Å². The maximum absolute atomic E-state index is 5.59. The number of pyridine rings is 1. The van der Waals surface area contributed by atoms with E-state index in [0.717, 1.165) is 0 Å². The molecule has 0 spiro atoms. The molecule has 78 valence electrons. The molecule has 1 aromatic rings. The average Bonchev–Trinajstić information content (AvgIpc) is 2.71. The summed E-state index contributed by atoms with van der Waals surface area (Å²) in [6.07, 6.45) is 7.22. The molecule has 1 aromatic heterocycles. The molecular formula is C11H17ClN2. The Hall–Kier alpha value is -0.600. The molecule has 1 saturated carbocycles. The Labute approximate surface area is 91.3 Å². The highest BCUT2D eigenvalue weighted by Gasteiger charge is 2.17. The van der Waals surface area contributed by atoms with Gasteiger partial charge < -0.3 is 5.73 Å². The lowest BCUT2D eigenvalue weighted by molar-refractivity contribution is 0.695. The summed E-state index contributed by atoms with van der Waals surface area (Å²) in [5.41, 5.74) is 8.05. The molecule has 0 saturated heterocycles. The van der Waals surface area contributed by atoms with E-state index < -0.39 is 0 Å². The van der Waals surface area contributed by atoms with E-state index >= 15 is 0 Å². The summed E-state index contributed by atoms with van der Waals surface area (Å²) in [5.74, 6) is 0.700. The Bertz CT molecular complexity index is 282. The van der Waals surface area contributed by atoms with E-state index in [-0.39, 0.29) is 12.4 Å². The third-order valence-electron chi connectivity index (χ3n) is 2.85. The van der Waals surface area contributed by atoms with Gasteiger partial charge in [0.2, 0.25) is 0 Å². The van der Waals surface area contributed by atoms with Gasteiger partial charge in [0.1, 0.15) is 0 Å². The number of halogens is 1. The summed E-state index contributed by atoms with van der Waals surface area (Å²) in [6, 6.07) is 4.16. The predicted octanol–water partition coefficient (Wildman–Crippen LogP) is 2.62. The van der Waals surface area contributed by atoms with Crippen LogP contribution in [0.15, 0.2) is 18.3 Å². The molecule has 1 fully saturated rings. The van der Waals surface area contributed by atoms with Crippen LogP contribution >= 0.6 is 12.4 Å². The van der Waals surface area contributed by atoms with Crippen molar-refractivity contribution in [2.24, 2.45) is 5.73 Å². The van der Waals surface area contributed by atoms with Crippen LogP contribution in [0.1, 0.15) is 42.9 Å². The van der Waals surface area contributed by atoms with Crippen LogP contribution in [0.5, 0.6) is 0 Å². The summed E-state index contributed by atoms with van der Waals surface area (Å²) < 4.78 is 0. The summed E-state index contributed by atoms with van der Waals surface area (Å²) in [4.78, 5) is 4.41. The van der Waals surface area contributed by atoms with Gasteiger partial charge in [0.15, 0.2) is 0 Å². The number of hydrogen-bond acceptors (Lipinski definition) is 2. The van der Waals surface area contributed by atoms with Crippen molar-refractivity contribution < 1.29 is 0 Å². The Morgan fingerprint density at radius 3 is 2.71 bits per heavy atom. The highest BCUT2D eigenvalue weighted by atomic mass is 35.5. The van der Waals surface area contributed by atoms with Gasteiger partial charge in [-0.3, -0.25) is 4.98 Å². The number of nitrogens with two attached hydrogens (primary N) is 1. The third kappa shape index (κ3) is 2.46. The van der Waals surface area contributed by atoms with Gasteiger partial charge in [-0.15, -0.1) is 12.4 Å². The van der Waals surface area contributed by atoms with Crippen LogP contribution < -0.4 is 5.73 Å². The molecule has 0 aliphatic heterocycles. The maximum atomic E-state index is 5.59. The largest absolute Gasteiger partial charge is 0.326 e. The van der Waals surface area contributed by atoms with E-state index in [9.17, 15) is 0 Å². The van der Waals surface area contributed by atoms with Crippen molar-refractivity contribution in [3.8, 4) is 0 Å². The summed E-state index contributed by atoms with van der Waals surface area (Å²) in [6.45, 7) is 0.627. The van der Waals surface area contributed by atoms with Crippen molar-refractivity contribution in [1.29, 1.82) is 0 Å². The van der Waals surface area contributed by atoms with Crippen LogP contribution in [-0.4, -0.2) is 4.98 Å². The molecule has 0 unspecified atom stereocenters. The van der Waals surface area contributed by atoms with Crippen molar-refractivity contribution in [2.75, 3.05) is 0 Å². The lowest BCUT2D eigenvalue weighted by atomic mass is 10.0. The number of aromatic nitrogens is 1. The Balaban J connectivity index is 0.000000980. The fraction of sp³-hybridized carbons (Fsp3) is 0.545. The highest BCUT2D eigenvalue weighted by molar-refractivity contribution is 5.85. The molecule has 0 aromatic carbocycles. The fourth-order valence-electron chi connectivity index (χ4n) is 2.07. The van der Waals surface area contributed by atoms with Gasteiger partial charge in [-0.1, -0.05) is 12.8 Å². The van der Waals surface area contributed by atoms with Gasteiger partial charge in [0.05, 0.1) is 0 Å². The molecule has 2 N–H and O–H groups in total. The Kier molecular flexibility index (Phi) is 4.36. The van der Waals surface area contributed by atoms with Gasteiger partial charge in [-0.25, -0.2) is 0 Å². The van der Waals surface area contributed by atoms with Crippen LogP contribution in [0, 0.1) is 0 Å². The first-order valence-electron chi connectivity index (χ1n) is 5.05. The molecule has 0 bridgehead atoms. The molecule has 3 heteroatoms. The molecule has 0 radical (unpaired) electrons. The fourth-order valence-corrected chi connectivity index (χ4v) is 2.07. The van der Waals surface area contributed by atoms with Crippen LogP contribution in [0.25, 0.3) is 0 Å². The minimum atomic E-state index is 0. The van der Waals surface area contributed by atoms with Crippen LogP contribution in [0.4, 0.5) is 0 Å². The lowest BCUT2D eigenvalue weighted by Crippen LogP contribution is -2.01. The number of rotatable bonds is 2.